The van der Waals surface area contributed by atoms with Crippen LogP contribution in [0.1, 0.15) is 10.4 Å². The van der Waals surface area contributed by atoms with Crippen molar-refractivity contribution in [2.45, 2.75) is 0 Å². The number of nitrogens with zero attached hydrogens (tertiary/aromatic N) is 4. The summed E-state index contributed by atoms with van der Waals surface area (Å²) in [6.07, 6.45) is 3.21. The Morgan fingerprint density at radius 3 is 2.57 bits per heavy atom. The Morgan fingerprint density at radius 2 is 1.96 bits per heavy atom. The number of aryl methyl sites for hydroxylation is 1. The molecule has 0 aliphatic carbocycles. The second kappa shape index (κ2) is 6.60. The van der Waals surface area contributed by atoms with Crippen molar-refractivity contribution in [3.8, 4) is 0 Å². The van der Waals surface area contributed by atoms with Crippen molar-refractivity contribution < 1.29 is 4.79 Å². The third-order valence-corrected chi connectivity index (χ3v) is 4.32. The van der Waals surface area contributed by atoms with E-state index in [2.05, 4.69) is 27.3 Å². The number of hydrogen-bond donors (Lipinski definition) is 1. The van der Waals surface area contributed by atoms with Crippen LogP contribution in [0.25, 0.3) is 0 Å². The molecule has 0 atom stereocenters. The first-order valence-electron chi connectivity index (χ1n) is 7.56. The summed E-state index contributed by atoms with van der Waals surface area (Å²) in [4.78, 5) is 16.7. The van der Waals surface area contributed by atoms with E-state index in [1.165, 1.54) is 6.20 Å². The number of benzene rings is 1. The highest BCUT2D eigenvalue weighted by Crippen LogP contribution is 2.29. The third-order valence-electron chi connectivity index (χ3n) is 4.02. The number of halogens is 1. The Morgan fingerprint density at radius 1 is 1.22 bits per heavy atom. The Labute approximate surface area is 140 Å². The molecule has 1 fully saturated rings. The number of likely N-dealkylation sites (N-methyl/N-ethyl adjacent to an activating group) is 1. The molecule has 0 saturated carbocycles. The molecule has 0 spiro atoms. The minimum absolute atomic E-state index is 0.193. The monoisotopic (exact) mass is 333 g/mol. The molecule has 3 rings (SSSR count). The van der Waals surface area contributed by atoms with Crippen LogP contribution < -0.4 is 10.2 Å². The lowest BCUT2D eigenvalue weighted by molar-refractivity contribution is 0.102. The van der Waals surface area contributed by atoms with Crippen LogP contribution in [0.15, 0.2) is 30.6 Å². The summed E-state index contributed by atoms with van der Waals surface area (Å²) < 4.78 is 1.60. The molecule has 1 aliphatic heterocycles. The molecule has 1 aromatic heterocycles. The summed E-state index contributed by atoms with van der Waals surface area (Å²) in [5, 5.41) is 7.49. The largest absolute Gasteiger partial charge is 0.368 e. The number of amides is 1. The number of aromatic nitrogens is 2. The Bertz CT molecular complexity index is 706. The van der Waals surface area contributed by atoms with Crippen LogP contribution in [0.3, 0.4) is 0 Å². The van der Waals surface area contributed by atoms with Crippen LogP contribution in [0.4, 0.5) is 11.4 Å². The lowest BCUT2D eigenvalue weighted by Crippen LogP contribution is -2.44. The van der Waals surface area contributed by atoms with Crippen LogP contribution in [0.2, 0.25) is 5.02 Å². The third kappa shape index (κ3) is 3.65. The van der Waals surface area contributed by atoms with Crippen LogP contribution >= 0.6 is 11.6 Å². The van der Waals surface area contributed by atoms with Gasteiger partial charge in [0.05, 0.1) is 22.5 Å². The molecular weight excluding hydrogens is 314 g/mol. The number of rotatable bonds is 3. The number of hydrogen-bond acceptors (Lipinski definition) is 4. The number of carbonyl (C=O) groups is 1. The molecule has 23 heavy (non-hydrogen) atoms. The van der Waals surface area contributed by atoms with E-state index in [9.17, 15) is 4.79 Å². The van der Waals surface area contributed by atoms with Crippen molar-refractivity contribution in [3.05, 3.63) is 41.2 Å². The van der Waals surface area contributed by atoms with Gasteiger partial charge >= 0.3 is 0 Å². The van der Waals surface area contributed by atoms with Gasteiger partial charge in [-0.25, -0.2) is 0 Å². The van der Waals surface area contributed by atoms with Gasteiger partial charge in [-0.1, -0.05) is 11.6 Å². The van der Waals surface area contributed by atoms with Crippen molar-refractivity contribution >= 4 is 28.9 Å². The molecule has 122 valence electrons. The second-order valence-corrected chi connectivity index (χ2v) is 6.22. The fraction of sp³-hybridized carbons (Fsp3) is 0.375. The molecule has 2 heterocycles. The number of anilines is 2. The highest BCUT2D eigenvalue weighted by Gasteiger charge is 2.17. The molecule has 2 aromatic rings. The lowest BCUT2D eigenvalue weighted by Gasteiger charge is -2.34. The van der Waals surface area contributed by atoms with Crippen LogP contribution in [0, 0.1) is 0 Å². The van der Waals surface area contributed by atoms with Gasteiger partial charge in [0.25, 0.3) is 5.91 Å². The molecule has 6 nitrogen and oxygen atoms in total. The molecule has 1 aliphatic rings. The molecule has 0 radical (unpaired) electrons. The van der Waals surface area contributed by atoms with Crippen LogP contribution in [0.5, 0.6) is 0 Å². The summed E-state index contributed by atoms with van der Waals surface area (Å²) in [5.41, 5.74) is 2.22. The minimum atomic E-state index is -0.193. The highest BCUT2D eigenvalue weighted by molar-refractivity contribution is 6.33. The summed E-state index contributed by atoms with van der Waals surface area (Å²) in [6.45, 7) is 3.96. The quantitative estimate of drug-likeness (QED) is 0.934. The Hall–Kier alpha value is -2.05. The van der Waals surface area contributed by atoms with Crippen molar-refractivity contribution in [2.75, 3.05) is 43.4 Å². The van der Waals surface area contributed by atoms with Gasteiger partial charge in [-0.15, -0.1) is 0 Å². The average Bonchev–Trinajstić information content (AvgIpc) is 2.95. The predicted octanol–water partition coefficient (Wildman–Crippen LogP) is 2.08. The topological polar surface area (TPSA) is 53.4 Å². The SMILES string of the molecule is CN1CCN(c2ccc(NC(=O)c3cnn(C)c3)cc2Cl)CC1. The normalized spacial score (nSPS) is 15.7. The standard InChI is InChI=1S/C16H20ClN5O/c1-20-5-7-22(8-6-20)15-4-3-13(9-14(15)17)19-16(23)12-10-18-21(2)11-12/h3-4,9-11H,5-8H2,1-2H3,(H,19,23). The van der Waals surface area contributed by atoms with Crippen molar-refractivity contribution in [1.82, 2.24) is 14.7 Å². The first-order chi connectivity index (χ1) is 11.0. The van der Waals surface area contributed by atoms with E-state index in [0.717, 1.165) is 31.9 Å². The number of piperazine rings is 1. The zero-order chi connectivity index (χ0) is 16.4. The van der Waals surface area contributed by atoms with Crippen LogP contribution in [-0.2, 0) is 7.05 Å². The van der Waals surface area contributed by atoms with Gasteiger partial charge in [-0.05, 0) is 25.2 Å². The summed E-state index contributed by atoms with van der Waals surface area (Å²) in [7, 11) is 3.90. The average molecular weight is 334 g/mol. The summed E-state index contributed by atoms with van der Waals surface area (Å²) in [6, 6.07) is 5.64. The fourth-order valence-corrected chi connectivity index (χ4v) is 2.93. The summed E-state index contributed by atoms with van der Waals surface area (Å²) >= 11 is 6.41. The zero-order valence-corrected chi connectivity index (χ0v) is 14.0. The maximum absolute atomic E-state index is 12.1. The molecule has 1 saturated heterocycles. The van der Waals surface area contributed by atoms with Gasteiger partial charge in [0, 0.05) is 45.1 Å². The van der Waals surface area contributed by atoms with E-state index < -0.39 is 0 Å². The molecule has 0 unspecified atom stereocenters. The zero-order valence-electron chi connectivity index (χ0n) is 13.3. The Balaban J connectivity index is 1.70. The van der Waals surface area contributed by atoms with Gasteiger partial charge in [0.1, 0.15) is 0 Å². The molecule has 1 amide bonds. The number of nitrogens with one attached hydrogen (secondary N) is 1. The maximum atomic E-state index is 12.1. The lowest BCUT2D eigenvalue weighted by atomic mass is 10.2. The minimum Gasteiger partial charge on any atom is -0.368 e. The van der Waals surface area contributed by atoms with E-state index in [-0.39, 0.29) is 5.91 Å². The van der Waals surface area contributed by atoms with E-state index in [0.29, 0.717) is 16.3 Å². The fourth-order valence-electron chi connectivity index (χ4n) is 2.63. The molecule has 1 aromatic carbocycles. The first kappa shape index (κ1) is 15.8. The van der Waals surface area contributed by atoms with E-state index in [1.54, 1.807) is 24.0 Å². The molecule has 7 heteroatoms. The van der Waals surface area contributed by atoms with Gasteiger partial charge in [0.15, 0.2) is 0 Å². The van der Waals surface area contributed by atoms with Crippen molar-refractivity contribution in [2.24, 2.45) is 7.05 Å². The van der Waals surface area contributed by atoms with E-state index in [4.69, 9.17) is 11.6 Å². The van der Waals surface area contributed by atoms with E-state index in [1.807, 2.05) is 12.1 Å². The van der Waals surface area contributed by atoms with Crippen molar-refractivity contribution in [3.63, 3.8) is 0 Å². The maximum Gasteiger partial charge on any atom is 0.258 e. The van der Waals surface area contributed by atoms with Gasteiger partial charge in [-0.3, -0.25) is 9.48 Å². The first-order valence-corrected chi connectivity index (χ1v) is 7.94. The number of carbonyl (C=O) groups excluding carboxylic acids is 1. The Kier molecular flexibility index (Phi) is 4.54. The van der Waals surface area contributed by atoms with Gasteiger partial charge < -0.3 is 15.1 Å². The van der Waals surface area contributed by atoms with Crippen molar-refractivity contribution in [1.29, 1.82) is 0 Å². The highest BCUT2D eigenvalue weighted by atomic mass is 35.5. The molecule has 1 N–H and O–H groups in total. The summed E-state index contributed by atoms with van der Waals surface area (Å²) in [5.74, 6) is -0.193. The van der Waals surface area contributed by atoms with Crippen LogP contribution in [-0.4, -0.2) is 53.8 Å². The van der Waals surface area contributed by atoms with Gasteiger partial charge in [0.2, 0.25) is 0 Å². The molecule has 0 bridgehead atoms. The second-order valence-electron chi connectivity index (χ2n) is 5.81. The predicted molar refractivity (Wildman–Crippen MR) is 92.3 cm³/mol. The molecular formula is C16H20ClN5O. The van der Waals surface area contributed by atoms with E-state index >= 15 is 0 Å². The smallest absolute Gasteiger partial charge is 0.258 e. The van der Waals surface area contributed by atoms with Gasteiger partial charge in [-0.2, -0.15) is 5.10 Å².